The van der Waals surface area contributed by atoms with Gasteiger partial charge in [0.2, 0.25) is 0 Å². The molecule has 0 N–H and O–H groups in total. The zero-order valence-electron chi connectivity index (χ0n) is 28.4. The van der Waals surface area contributed by atoms with Crippen molar-refractivity contribution < 1.29 is 4.42 Å². The number of para-hydroxylation sites is 1. The molecule has 2 heteroatoms. The Hall–Kier alpha value is -6.90. The van der Waals surface area contributed by atoms with E-state index >= 15 is 0 Å². The Morgan fingerprint density at radius 1 is 0.346 bits per heavy atom. The molecule has 0 saturated heterocycles. The first kappa shape index (κ1) is 30.0. The van der Waals surface area contributed by atoms with Crippen LogP contribution in [0.25, 0.3) is 76.9 Å². The normalized spacial score (nSPS) is 11.5. The zero-order chi connectivity index (χ0) is 34.4. The highest BCUT2D eigenvalue weighted by atomic mass is 16.3. The van der Waals surface area contributed by atoms with Crippen LogP contribution in [0.2, 0.25) is 0 Å². The molecule has 0 aliphatic heterocycles. The van der Waals surface area contributed by atoms with Gasteiger partial charge in [0.1, 0.15) is 11.2 Å². The average molecular weight is 664 g/mol. The molecule has 0 spiro atoms. The Morgan fingerprint density at radius 3 is 1.73 bits per heavy atom. The molecule has 0 radical (unpaired) electrons. The summed E-state index contributed by atoms with van der Waals surface area (Å²) in [6.07, 6.45) is 0. The summed E-state index contributed by atoms with van der Waals surface area (Å²) < 4.78 is 6.37. The van der Waals surface area contributed by atoms with E-state index in [1.807, 2.05) is 12.1 Å². The van der Waals surface area contributed by atoms with E-state index in [9.17, 15) is 0 Å². The van der Waals surface area contributed by atoms with Crippen LogP contribution >= 0.6 is 0 Å². The van der Waals surface area contributed by atoms with Gasteiger partial charge in [0.05, 0.1) is 11.1 Å². The lowest BCUT2D eigenvalue weighted by molar-refractivity contribution is 0.669. The van der Waals surface area contributed by atoms with Crippen LogP contribution in [0.4, 0.5) is 17.1 Å². The summed E-state index contributed by atoms with van der Waals surface area (Å²) in [6, 6.07) is 71.7. The Balaban J connectivity index is 1.12. The molecule has 2 nitrogen and oxygen atoms in total. The van der Waals surface area contributed by atoms with Gasteiger partial charge in [-0.05, 0) is 103 Å². The lowest BCUT2D eigenvalue weighted by atomic mass is 9.90. The fraction of sp³-hybridized carbons (Fsp3) is 0. The average Bonchev–Trinajstić information content (AvgIpc) is 3.61. The highest BCUT2D eigenvalue weighted by Crippen LogP contribution is 2.44. The molecule has 0 bridgehead atoms. The van der Waals surface area contributed by atoms with Crippen LogP contribution < -0.4 is 4.90 Å². The SMILES string of the molecule is c1ccc(-c2c(-c3ccc(N(c4ccc(-c5ccc6ccccc6c5)cc4)c4cccc5oc6ccccc6c45)cc3)ccc3ccccc23)cc1. The van der Waals surface area contributed by atoms with Crippen molar-refractivity contribution in [3.05, 3.63) is 200 Å². The Labute approximate surface area is 302 Å². The van der Waals surface area contributed by atoms with Crippen molar-refractivity contribution in [3.8, 4) is 33.4 Å². The van der Waals surface area contributed by atoms with E-state index in [1.54, 1.807) is 0 Å². The lowest BCUT2D eigenvalue weighted by Gasteiger charge is -2.27. The minimum atomic E-state index is 0.872. The molecule has 52 heavy (non-hydrogen) atoms. The van der Waals surface area contributed by atoms with E-state index in [4.69, 9.17) is 4.42 Å². The molecule has 0 saturated carbocycles. The molecule has 0 fully saturated rings. The smallest absolute Gasteiger partial charge is 0.137 e. The van der Waals surface area contributed by atoms with Gasteiger partial charge in [-0.15, -0.1) is 0 Å². The highest BCUT2D eigenvalue weighted by Gasteiger charge is 2.20. The maximum atomic E-state index is 6.37. The Bertz CT molecular complexity index is 2890. The maximum absolute atomic E-state index is 6.37. The highest BCUT2D eigenvalue weighted by molar-refractivity contribution is 6.13. The van der Waals surface area contributed by atoms with Gasteiger partial charge in [-0.25, -0.2) is 0 Å². The van der Waals surface area contributed by atoms with E-state index in [2.05, 4.69) is 193 Å². The summed E-state index contributed by atoms with van der Waals surface area (Å²) in [5, 5.41) is 7.18. The third-order valence-corrected chi connectivity index (χ3v) is 10.3. The van der Waals surface area contributed by atoms with Gasteiger partial charge in [-0.1, -0.05) is 152 Å². The summed E-state index contributed by atoms with van der Waals surface area (Å²) >= 11 is 0. The van der Waals surface area contributed by atoms with Crippen LogP contribution in [0, 0.1) is 0 Å². The fourth-order valence-electron chi connectivity index (χ4n) is 7.76. The van der Waals surface area contributed by atoms with Crippen LogP contribution in [-0.4, -0.2) is 0 Å². The van der Waals surface area contributed by atoms with E-state index in [0.29, 0.717) is 0 Å². The number of furan rings is 1. The first-order valence-corrected chi connectivity index (χ1v) is 17.8. The van der Waals surface area contributed by atoms with Crippen molar-refractivity contribution in [2.45, 2.75) is 0 Å². The zero-order valence-corrected chi connectivity index (χ0v) is 28.4. The lowest BCUT2D eigenvalue weighted by Crippen LogP contribution is -2.10. The first-order chi connectivity index (χ1) is 25.8. The molecule has 0 aliphatic rings. The van der Waals surface area contributed by atoms with E-state index < -0.39 is 0 Å². The molecular formula is C50H33NO. The topological polar surface area (TPSA) is 16.4 Å². The second-order valence-corrected chi connectivity index (χ2v) is 13.3. The van der Waals surface area contributed by atoms with Gasteiger partial charge in [0, 0.05) is 16.8 Å². The summed E-state index contributed by atoms with van der Waals surface area (Å²) in [4.78, 5) is 2.36. The number of nitrogens with zero attached hydrogens (tertiary/aromatic N) is 1. The predicted octanol–water partition coefficient (Wildman–Crippen LogP) is 14.4. The Morgan fingerprint density at radius 2 is 0.942 bits per heavy atom. The predicted molar refractivity (Wildman–Crippen MR) is 220 cm³/mol. The first-order valence-electron chi connectivity index (χ1n) is 17.8. The molecule has 1 heterocycles. The van der Waals surface area contributed by atoms with Crippen molar-refractivity contribution in [2.24, 2.45) is 0 Å². The van der Waals surface area contributed by atoms with Crippen LogP contribution in [0.15, 0.2) is 205 Å². The minimum Gasteiger partial charge on any atom is -0.456 e. The van der Waals surface area contributed by atoms with Crippen molar-refractivity contribution in [2.75, 3.05) is 4.90 Å². The van der Waals surface area contributed by atoms with Gasteiger partial charge in [0.25, 0.3) is 0 Å². The van der Waals surface area contributed by atoms with Crippen LogP contribution in [0.5, 0.6) is 0 Å². The molecule has 1 aromatic heterocycles. The molecule has 0 amide bonds. The van der Waals surface area contributed by atoms with Crippen molar-refractivity contribution in [3.63, 3.8) is 0 Å². The fourth-order valence-corrected chi connectivity index (χ4v) is 7.76. The molecule has 10 rings (SSSR count). The van der Waals surface area contributed by atoms with Gasteiger partial charge >= 0.3 is 0 Å². The number of benzene rings is 9. The van der Waals surface area contributed by atoms with Crippen LogP contribution in [0.3, 0.4) is 0 Å². The van der Waals surface area contributed by atoms with Crippen molar-refractivity contribution >= 4 is 60.5 Å². The van der Waals surface area contributed by atoms with Gasteiger partial charge in [0.15, 0.2) is 0 Å². The number of rotatable bonds is 6. The summed E-state index contributed by atoms with van der Waals surface area (Å²) in [5.74, 6) is 0. The third kappa shape index (κ3) is 5.12. The van der Waals surface area contributed by atoms with Crippen LogP contribution in [-0.2, 0) is 0 Å². The van der Waals surface area contributed by atoms with Crippen molar-refractivity contribution in [1.29, 1.82) is 0 Å². The molecule has 0 unspecified atom stereocenters. The number of hydrogen-bond acceptors (Lipinski definition) is 2. The summed E-state index contributed by atoms with van der Waals surface area (Å²) in [6.45, 7) is 0. The number of hydrogen-bond donors (Lipinski definition) is 0. The van der Waals surface area contributed by atoms with E-state index in [1.165, 1.54) is 54.9 Å². The monoisotopic (exact) mass is 663 g/mol. The molecular weight excluding hydrogens is 631 g/mol. The standard InChI is InChI=1S/C50H33NO/c1-2-13-38(14-3-1)49-43-16-7-6-12-36(43)27-32-44(49)37-25-30-42(31-26-37)51(46-18-10-20-48-50(46)45-17-8-9-19-47(45)52-48)41-28-23-35(24-29-41)40-22-21-34-11-4-5-15-39(34)33-40/h1-33H. The van der Waals surface area contributed by atoms with Crippen LogP contribution in [0.1, 0.15) is 0 Å². The number of fused-ring (bicyclic) bond motifs is 5. The third-order valence-electron chi connectivity index (χ3n) is 10.3. The van der Waals surface area contributed by atoms with Crippen molar-refractivity contribution in [1.82, 2.24) is 0 Å². The second kappa shape index (κ2) is 12.5. The molecule has 10 aromatic rings. The second-order valence-electron chi connectivity index (χ2n) is 13.3. The maximum Gasteiger partial charge on any atom is 0.137 e. The summed E-state index contributed by atoms with van der Waals surface area (Å²) in [7, 11) is 0. The van der Waals surface area contributed by atoms with Gasteiger partial charge in [-0.3, -0.25) is 0 Å². The summed E-state index contributed by atoms with van der Waals surface area (Å²) in [5.41, 5.74) is 12.2. The van der Waals surface area contributed by atoms with E-state index in [-0.39, 0.29) is 0 Å². The Kier molecular flexibility index (Phi) is 7.18. The van der Waals surface area contributed by atoms with E-state index in [0.717, 1.165) is 39.0 Å². The molecule has 244 valence electrons. The van der Waals surface area contributed by atoms with Gasteiger partial charge in [-0.2, -0.15) is 0 Å². The minimum absolute atomic E-state index is 0.872. The largest absolute Gasteiger partial charge is 0.456 e. The molecule has 0 aliphatic carbocycles. The molecule has 9 aromatic carbocycles. The van der Waals surface area contributed by atoms with Gasteiger partial charge < -0.3 is 9.32 Å². The molecule has 0 atom stereocenters. The number of anilines is 3. The quantitative estimate of drug-likeness (QED) is 0.176.